The lowest BCUT2D eigenvalue weighted by Gasteiger charge is -2.50. The molecule has 3 aliphatic heterocycles. The van der Waals surface area contributed by atoms with Gasteiger partial charge in [-0.05, 0) is 61.1 Å². The van der Waals surface area contributed by atoms with Crippen molar-refractivity contribution in [3.63, 3.8) is 0 Å². The van der Waals surface area contributed by atoms with E-state index in [4.69, 9.17) is 4.74 Å². The van der Waals surface area contributed by atoms with Gasteiger partial charge in [0.1, 0.15) is 5.75 Å². The van der Waals surface area contributed by atoms with Crippen LogP contribution in [0.25, 0.3) is 10.9 Å². The quantitative estimate of drug-likeness (QED) is 0.695. The van der Waals surface area contributed by atoms with Crippen LogP contribution in [0.3, 0.4) is 0 Å². The second-order valence-electron chi connectivity index (χ2n) is 8.07. The average molecular weight is 456 g/mol. The molecule has 1 N–H and O–H groups in total. The molecular weight excluding hydrogens is 433 g/mol. The molecule has 4 heterocycles. The number of hydrogen-bond donors (Lipinski definition) is 1. The van der Waals surface area contributed by atoms with Crippen LogP contribution in [0.5, 0.6) is 5.75 Å². The number of sulfone groups is 1. The molecule has 168 valence electrons. The molecule has 3 aliphatic rings. The summed E-state index contributed by atoms with van der Waals surface area (Å²) in [5, 5.41) is 10.5. The Labute approximate surface area is 178 Å². The van der Waals surface area contributed by atoms with Gasteiger partial charge in [0.2, 0.25) is 0 Å². The van der Waals surface area contributed by atoms with E-state index in [9.17, 15) is 26.7 Å². The normalized spacial score (nSPS) is 27.3. The first-order valence-corrected chi connectivity index (χ1v) is 11.4. The zero-order chi connectivity index (χ0) is 22.6. The average Bonchev–Trinajstić information content (AvgIpc) is 2.76. The van der Waals surface area contributed by atoms with Gasteiger partial charge in [-0.2, -0.15) is 13.2 Å². The number of pyridine rings is 1. The Kier molecular flexibility index (Phi) is 5.51. The van der Waals surface area contributed by atoms with Gasteiger partial charge in [0, 0.05) is 18.0 Å². The summed E-state index contributed by atoms with van der Waals surface area (Å²) in [4.78, 5) is 5.85. The van der Waals surface area contributed by atoms with E-state index in [1.54, 1.807) is 6.07 Å². The Hall–Kier alpha value is -2.17. The molecule has 0 radical (unpaired) electrons. The number of hydrogen-bond acceptors (Lipinski definition) is 6. The van der Waals surface area contributed by atoms with Crippen molar-refractivity contribution in [3.05, 3.63) is 42.5 Å². The van der Waals surface area contributed by atoms with Gasteiger partial charge in [0.25, 0.3) is 9.84 Å². The minimum Gasteiger partial charge on any atom is -0.497 e. The van der Waals surface area contributed by atoms with Crippen molar-refractivity contribution in [1.29, 1.82) is 0 Å². The summed E-state index contributed by atoms with van der Waals surface area (Å²) in [6.45, 7) is 5.33. The third-order valence-corrected chi connectivity index (χ3v) is 7.81. The topological polar surface area (TPSA) is 79.7 Å². The van der Waals surface area contributed by atoms with Crippen molar-refractivity contribution in [2.45, 2.75) is 35.5 Å². The lowest BCUT2D eigenvalue weighted by molar-refractivity contribution is -0.0452. The zero-order valence-electron chi connectivity index (χ0n) is 16.8. The van der Waals surface area contributed by atoms with Crippen LogP contribution in [0.4, 0.5) is 13.2 Å². The number of fused-ring (bicyclic) bond motifs is 4. The monoisotopic (exact) mass is 456 g/mol. The highest BCUT2D eigenvalue weighted by atomic mass is 32.2. The molecule has 5 atom stereocenters. The minimum atomic E-state index is -5.67. The number of ether oxygens (including phenoxy) is 1. The molecule has 2 aromatic rings. The largest absolute Gasteiger partial charge is 0.503 e. The lowest BCUT2D eigenvalue weighted by atomic mass is 9.73. The molecule has 5 rings (SSSR count). The molecule has 2 bridgehead atoms. The summed E-state index contributed by atoms with van der Waals surface area (Å²) in [6.07, 6.45) is 2.32. The van der Waals surface area contributed by atoms with Crippen LogP contribution in [-0.4, -0.2) is 55.2 Å². The van der Waals surface area contributed by atoms with Crippen molar-refractivity contribution in [1.82, 2.24) is 9.88 Å². The molecule has 0 aliphatic carbocycles. The Balaban J connectivity index is 1.84. The number of piperidine rings is 3. The summed E-state index contributed by atoms with van der Waals surface area (Å²) in [5.74, 6) is 1.04. The maximum absolute atomic E-state index is 13.2. The molecule has 3 saturated heterocycles. The molecular formula is C21H23F3N2O4S. The number of benzene rings is 1. The van der Waals surface area contributed by atoms with Gasteiger partial charge in [-0.25, -0.2) is 13.4 Å². The van der Waals surface area contributed by atoms with Gasteiger partial charge in [0.15, 0.2) is 5.03 Å². The van der Waals surface area contributed by atoms with Gasteiger partial charge in [-0.1, -0.05) is 6.08 Å². The Bertz CT molecular complexity index is 1120. The lowest BCUT2D eigenvalue weighted by Crippen LogP contribution is -2.54. The fourth-order valence-corrected chi connectivity index (χ4v) is 5.48. The van der Waals surface area contributed by atoms with Crippen LogP contribution < -0.4 is 4.74 Å². The molecule has 2 unspecified atom stereocenters. The highest BCUT2D eigenvalue weighted by molar-refractivity contribution is 7.92. The fourth-order valence-electron chi connectivity index (χ4n) is 4.75. The van der Waals surface area contributed by atoms with E-state index in [0.717, 1.165) is 19.0 Å². The number of methoxy groups -OCH3 is 1. The smallest absolute Gasteiger partial charge is 0.497 e. The highest BCUT2D eigenvalue weighted by Crippen LogP contribution is 2.43. The Morgan fingerprint density at radius 2 is 2.10 bits per heavy atom. The summed E-state index contributed by atoms with van der Waals surface area (Å²) in [7, 11) is -4.23. The van der Waals surface area contributed by atoms with Gasteiger partial charge < -0.3 is 9.84 Å². The molecule has 0 amide bonds. The predicted molar refractivity (Wildman–Crippen MR) is 108 cm³/mol. The van der Waals surface area contributed by atoms with Crippen molar-refractivity contribution in [2.24, 2.45) is 11.8 Å². The molecule has 0 spiro atoms. The fraction of sp³-hybridized carbons (Fsp3) is 0.476. The standard InChI is InChI=1S/C21H23F3N2O4S/c1-3-12-11-26-7-6-13(12)8-18(26)20(27)16-10-19(31(28,29)21(22,23)24)25-17-5-4-14(30-2)9-15(16)17/h3-5,9-10,12-13,18,20,27H,1,6-8,11H2,2H3/t12-,13?,18+,20+/m0/s1. The number of aromatic nitrogens is 1. The SMILES string of the molecule is C=C[C@H]1CN2CCC1C[C@@H]2[C@H](O)c1cc(S(=O)(=O)C(F)(F)F)nc2ccc(OC)cc12. The van der Waals surface area contributed by atoms with Crippen molar-refractivity contribution in [3.8, 4) is 5.75 Å². The van der Waals surface area contributed by atoms with E-state index in [1.165, 1.54) is 19.2 Å². The zero-order valence-corrected chi connectivity index (χ0v) is 17.7. The number of nitrogens with zero attached hydrogens (tertiary/aromatic N) is 2. The van der Waals surface area contributed by atoms with Crippen molar-refractivity contribution < 1.29 is 31.4 Å². The molecule has 31 heavy (non-hydrogen) atoms. The molecule has 10 heteroatoms. The van der Waals surface area contributed by atoms with Crippen molar-refractivity contribution in [2.75, 3.05) is 20.2 Å². The van der Waals surface area contributed by atoms with Gasteiger partial charge in [-0.3, -0.25) is 4.90 Å². The van der Waals surface area contributed by atoms with Crippen LogP contribution in [0.15, 0.2) is 41.9 Å². The first-order chi connectivity index (χ1) is 14.6. The number of halogens is 3. The highest BCUT2D eigenvalue weighted by Gasteiger charge is 2.49. The van der Waals surface area contributed by atoms with Crippen molar-refractivity contribution >= 4 is 20.7 Å². The third kappa shape index (κ3) is 3.70. The number of aliphatic hydroxyl groups excluding tert-OH is 1. The first-order valence-electron chi connectivity index (χ1n) is 9.91. The summed E-state index contributed by atoms with van der Waals surface area (Å²) < 4.78 is 68.9. The molecule has 3 fully saturated rings. The maximum atomic E-state index is 13.2. The van der Waals surface area contributed by atoms with Gasteiger partial charge in [-0.15, -0.1) is 6.58 Å². The van der Waals surface area contributed by atoms with Gasteiger partial charge >= 0.3 is 5.51 Å². The van der Waals surface area contributed by atoms with E-state index in [-0.39, 0.29) is 17.1 Å². The van der Waals surface area contributed by atoms with Crippen LogP contribution in [-0.2, 0) is 9.84 Å². The van der Waals surface area contributed by atoms with E-state index < -0.39 is 26.5 Å². The summed E-state index contributed by atoms with van der Waals surface area (Å²) in [6, 6.07) is 4.93. The molecule has 1 aromatic carbocycles. The van der Waals surface area contributed by atoms with E-state index >= 15 is 0 Å². The second-order valence-corrected chi connectivity index (χ2v) is 9.96. The molecule has 6 nitrogen and oxygen atoms in total. The number of aliphatic hydroxyl groups is 1. The van der Waals surface area contributed by atoms with E-state index in [1.807, 2.05) is 6.08 Å². The van der Waals surface area contributed by atoms with Gasteiger partial charge in [0.05, 0.1) is 18.7 Å². The summed E-state index contributed by atoms with van der Waals surface area (Å²) in [5.41, 5.74) is -5.35. The molecule has 1 aromatic heterocycles. The number of rotatable bonds is 5. The second kappa shape index (κ2) is 7.75. The molecule has 0 saturated carbocycles. The maximum Gasteiger partial charge on any atom is 0.503 e. The first kappa shape index (κ1) is 22.0. The van der Waals surface area contributed by atoms with Crippen LogP contribution in [0.2, 0.25) is 0 Å². The third-order valence-electron chi connectivity index (χ3n) is 6.44. The Morgan fingerprint density at radius 1 is 1.35 bits per heavy atom. The summed E-state index contributed by atoms with van der Waals surface area (Å²) >= 11 is 0. The predicted octanol–water partition coefficient (Wildman–Crippen LogP) is 3.47. The number of alkyl halides is 3. The van der Waals surface area contributed by atoms with E-state index in [0.29, 0.717) is 35.9 Å². The van der Waals surface area contributed by atoms with Crippen LogP contribution >= 0.6 is 0 Å². The Morgan fingerprint density at radius 3 is 2.68 bits per heavy atom. The van der Waals surface area contributed by atoms with E-state index in [2.05, 4.69) is 16.5 Å². The van der Waals surface area contributed by atoms with Crippen LogP contribution in [0, 0.1) is 11.8 Å². The minimum absolute atomic E-state index is 0.0418. The van der Waals surface area contributed by atoms with Crippen LogP contribution in [0.1, 0.15) is 24.5 Å².